The predicted molar refractivity (Wildman–Crippen MR) is 82.0 cm³/mol. The molecule has 110 valence electrons. The lowest BCUT2D eigenvalue weighted by molar-refractivity contribution is 0.306. The molecule has 2 aromatic carbocycles. The maximum atomic E-state index is 13.3. The van der Waals surface area contributed by atoms with Crippen LogP contribution in [-0.4, -0.2) is 17.2 Å². The van der Waals surface area contributed by atoms with Gasteiger partial charge in [-0.25, -0.2) is 4.39 Å². The number of hydrogen-bond acceptors (Lipinski definition) is 3. The van der Waals surface area contributed by atoms with Gasteiger partial charge in [0.1, 0.15) is 12.4 Å². The summed E-state index contributed by atoms with van der Waals surface area (Å²) in [6, 6.07) is 6.84. The van der Waals surface area contributed by atoms with Gasteiger partial charge in [0.25, 0.3) is 0 Å². The van der Waals surface area contributed by atoms with Crippen molar-refractivity contribution in [3.63, 3.8) is 0 Å². The molecule has 0 aromatic heterocycles. The van der Waals surface area contributed by atoms with Gasteiger partial charge in [-0.15, -0.1) is 0 Å². The molecule has 0 spiro atoms. The first-order valence-corrected chi connectivity index (χ1v) is 6.93. The van der Waals surface area contributed by atoms with Crippen LogP contribution in [0.3, 0.4) is 0 Å². The highest BCUT2D eigenvalue weighted by Gasteiger charge is 2.17. The summed E-state index contributed by atoms with van der Waals surface area (Å²) in [4.78, 5) is 0. The third kappa shape index (κ3) is 4.02. The molecular weight excluding hydrogens is 340 g/mol. The fourth-order valence-corrected chi connectivity index (χ4v) is 2.63. The van der Waals surface area contributed by atoms with Crippen LogP contribution in [0.2, 0.25) is 15.1 Å². The number of benzene rings is 2. The Morgan fingerprint density at radius 1 is 1.05 bits per heavy atom. The number of rotatable bonds is 4. The van der Waals surface area contributed by atoms with E-state index in [4.69, 9.17) is 49.6 Å². The molecule has 0 aliphatic rings. The van der Waals surface area contributed by atoms with Gasteiger partial charge >= 0.3 is 7.12 Å². The van der Waals surface area contributed by atoms with Gasteiger partial charge in [-0.05, 0) is 23.8 Å². The average Bonchev–Trinajstić information content (AvgIpc) is 2.38. The lowest BCUT2D eigenvalue weighted by atomic mass is 9.79. The minimum atomic E-state index is -1.90. The lowest BCUT2D eigenvalue weighted by Gasteiger charge is -2.11. The topological polar surface area (TPSA) is 49.7 Å². The standard InChI is InChI=1S/C13H9BCl3FO3/c15-8-4-10(16)13(11(17)5-8)21-6-7-1-2-12(18)9(3-7)14(19)20/h1-5,19-20H,6H2. The van der Waals surface area contributed by atoms with E-state index in [1.54, 1.807) is 0 Å². The molecule has 0 aliphatic heterocycles. The Hall–Kier alpha value is -0.975. The predicted octanol–water partition coefficient (Wildman–Crippen LogP) is 3.04. The van der Waals surface area contributed by atoms with Crippen LogP contribution < -0.4 is 10.2 Å². The minimum Gasteiger partial charge on any atom is -0.486 e. The Balaban J connectivity index is 2.19. The summed E-state index contributed by atoms with van der Waals surface area (Å²) >= 11 is 17.7. The van der Waals surface area contributed by atoms with E-state index in [1.807, 2.05) is 0 Å². The fraction of sp³-hybridized carbons (Fsp3) is 0.0769. The summed E-state index contributed by atoms with van der Waals surface area (Å²) in [6.45, 7) is 0.0288. The van der Waals surface area contributed by atoms with Crippen molar-refractivity contribution in [2.24, 2.45) is 0 Å². The van der Waals surface area contributed by atoms with E-state index in [0.717, 1.165) is 6.07 Å². The summed E-state index contributed by atoms with van der Waals surface area (Å²) in [5.41, 5.74) is 0.297. The third-order valence-corrected chi connectivity index (χ3v) is 3.46. The summed E-state index contributed by atoms with van der Waals surface area (Å²) in [6.07, 6.45) is 0. The van der Waals surface area contributed by atoms with Gasteiger partial charge in [-0.1, -0.05) is 46.9 Å². The number of ether oxygens (including phenoxy) is 1. The first kappa shape index (κ1) is 16.4. The quantitative estimate of drug-likeness (QED) is 0.834. The fourth-order valence-electron chi connectivity index (χ4n) is 1.70. The van der Waals surface area contributed by atoms with Crippen LogP contribution in [0.4, 0.5) is 4.39 Å². The van der Waals surface area contributed by atoms with Crippen molar-refractivity contribution in [2.45, 2.75) is 6.61 Å². The van der Waals surface area contributed by atoms with Crippen LogP contribution in [0.5, 0.6) is 5.75 Å². The maximum absolute atomic E-state index is 13.3. The molecule has 0 atom stereocenters. The van der Waals surface area contributed by atoms with Crippen molar-refractivity contribution in [3.05, 3.63) is 56.8 Å². The van der Waals surface area contributed by atoms with Crippen LogP contribution in [0.25, 0.3) is 0 Å². The van der Waals surface area contributed by atoms with Gasteiger partial charge < -0.3 is 14.8 Å². The number of hydrogen-bond donors (Lipinski definition) is 2. The van der Waals surface area contributed by atoms with Gasteiger partial charge in [-0.2, -0.15) is 0 Å². The zero-order valence-corrected chi connectivity index (χ0v) is 12.8. The van der Waals surface area contributed by atoms with Gasteiger partial charge in [0, 0.05) is 10.5 Å². The summed E-state index contributed by atoms with van der Waals surface area (Å²) in [5.74, 6) is -0.463. The maximum Gasteiger partial charge on any atom is 0.491 e. The van der Waals surface area contributed by atoms with Gasteiger partial charge in [0.05, 0.1) is 10.0 Å². The van der Waals surface area contributed by atoms with E-state index in [1.165, 1.54) is 24.3 Å². The zero-order chi connectivity index (χ0) is 15.6. The van der Waals surface area contributed by atoms with Crippen molar-refractivity contribution in [1.29, 1.82) is 0 Å². The van der Waals surface area contributed by atoms with Crippen molar-refractivity contribution < 1.29 is 19.2 Å². The molecule has 0 aliphatic carbocycles. The highest BCUT2D eigenvalue weighted by atomic mass is 35.5. The van der Waals surface area contributed by atoms with E-state index in [-0.39, 0.29) is 27.9 Å². The van der Waals surface area contributed by atoms with Crippen LogP contribution in [0.1, 0.15) is 5.56 Å². The van der Waals surface area contributed by atoms with E-state index < -0.39 is 12.9 Å². The molecule has 0 heterocycles. The third-order valence-electron chi connectivity index (χ3n) is 2.68. The normalized spacial score (nSPS) is 10.6. The first-order valence-electron chi connectivity index (χ1n) is 5.80. The Bertz CT molecular complexity index is 644. The smallest absolute Gasteiger partial charge is 0.486 e. The van der Waals surface area contributed by atoms with E-state index in [9.17, 15) is 4.39 Å². The Kier molecular flexibility index (Phi) is 5.35. The van der Waals surface area contributed by atoms with Crippen molar-refractivity contribution in [3.8, 4) is 5.75 Å². The van der Waals surface area contributed by atoms with E-state index in [0.29, 0.717) is 10.6 Å². The molecule has 0 fully saturated rings. The zero-order valence-electron chi connectivity index (χ0n) is 10.5. The second-order valence-corrected chi connectivity index (χ2v) is 5.47. The monoisotopic (exact) mass is 348 g/mol. The molecule has 2 aromatic rings. The van der Waals surface area contributed by atoms with Crippen LogP contribution in [0.15, 0.2) is 30.3 Å². The average molecular weight is 349 g/mol. The highest BCUT2D eigenvalue weighted by Crippen LogP contribution is 2.36. The second-order valence-electron chi connectivity index (χ2n) is 4.22. The molecule has 0 unspecified atom stereocenters. The molecule has 8 heteroatoms. The van der Waals surface area contributed by atoms with E-state index in [2.05, 4.69) is 0 Å². The van der Waals surface area contributed by atoms with Crippen molar-refractivity contribution >= 4 is 47.4 Å². The summed E-state index contributed by atoms with van der Waals surface area (Å²) in [5, 5.41) is 19.0. The molecule has 2 rings (SSSR count). The van der Waals surface area contributed by atoms with Crippen molar-refractivity contribution in [1.82, 2.24) is 0 Å². The van der Waals surface area contributed by atoms with Gasteiger partial charge in [0.15, 0.2) is 5.75 Å². The molecule has 0 bridgehead atoms. The Morgan fingerprint density at radius 3 is 2.24 bits per heavy atom. The molecule has 0 saturated heterocycles. The summed E-state index contributed by atoms with van der Waals surface area (Å²) < 4.78 is 18.8. The molecule has 0 radical (unpaired) electrons. The molecule has 0 saturated carbocycles. The molecule has 0 amide bonds. The lowest BCUT2D eigenvalue weighted by Crippen LogP contribution is -2.33. The van der Waals surface area contributed by atoms with Crippen LogP contribution in [-0.2, 0) is 6.61 Å². The second kappa shape index (κ2) is 6.86. The van der Waals surface area contributed by atoms with Gasteiger partial charge in [-0.3, -0.25) is 0 Å². The number of halogens is 4. The van der Waals surface area contributed by atoms with Gasteiger partial charge in [0.2, 0.25) is 0 Å². The van der Waals surface area contributed by atoms with Crippen LogP contribution in [0, 0.1) is 5.82 Å². The largest absolute Gasteiger partial charge is 0.491 e. The highest BCUT2D eigenvalue weighted by molar-refractivity contribution is 6.58. The molecule has 3 nitrogen and oxygen atoms in total. The van der Waals surface area contributed by atoms with Crippen molar-refractivity contribution in [2.75, 3.05) is 0 Å². The SMILES string of the molecule is OB(O)c1cc(COc2c(Cl)cc(Cl)cc2Cl)ccc1F. The molecular formula is C13H9BCl3FO3. The first-order chi connectivity index (χ1) is 9.88. The van der Waals surface area contributed by atoms with Crippen LogP contribution >= 0.6 is 34.8 Å². The molecule has 21 heavy (non-hydrogen) atoms. The minimum absolute atomic E-state index is 0.0288. The molecule has 2 N–H and O–H groups in total. The Morgan fingerprint density at radius 2 is 1.67 bits per heavy atom. The summed E-state index contributed by atoms with van der Waals surface area (Å²) in [7, 11) is -1.90. The Labute approximate surface area is 136 Å². The van der Waals surface area contributed by atoms with E-state index >= 15 is 0 Å².